The van der Waals surface area contributed by atoms with Gasteiger partial charge in [-0.15, -0.1) is 0 Å². The molecular weight excluding hydrogens is 219 g/mol. The normalized spacial score (nSPS) is 12.1. The van der Waals surface area contributed by atoms with Crippen molar-refractivity contribution >= 4 is 14.2 Å². The van der Waals surface area contributed by atoms with Crippen LogP contribution in [0.3, 0.4) is 0 Å². The second-order valence-corrected chi connectivity index (χ2v) is 3.57. The zero-order valence-electron chi connectivity index (χ0n) is 7.88. The van der Waals surface area contributed by atoms with E-state index in [0.29, 0.717) is 5.56 Å². The Morgan fingerprint density at radius 2 is 2.00 bits per heavy atom. The largest absolute Gasteiger partial charge is 0.394 e. The van der Waals surface area contributed by atoms with E-state index in [1.165, 1.54) is 0 Å². The first-order chi connectivity index (χ1) is 7.24. The summed E-state index contributed by atoms with van der Waals surface area (Å²) < 4.78 is 20.0. The second kappa shape index (κ2) is 6.35. The summed E-state index contributed by atoms with van der Waals surface area (Å²) in [5.74, 6) is -0.697. The number of aliphatic hydroxyl groups excluding tert-OH is 1. The van der Waals surface area contributed by atoms with E-state index >= 15 is 0 Å². The Morgan fingerprint density at radius 3 is 2.60 bits per heavy atom. The highest BCUT2D eigenvalue weighted by atomic mass is 31.1. The fourth-order valence-electron chi connectivity index (χ4n) is 0.867. The van der Waals surface area contributed by atoms with Crippen molar-refractivity contribution in [1.82, 2.24) is 0 Å². The number of carbonyl (C=O) groups excluding carboxylic acids is 1. The highest BCUT2D eigenvalue weighted by Gasteiger charge is 2.10. The van der Waals surface area contributed by atoms with Gasteiger partial charge in [0.2, 0.25) is 0 Å². The van der Waals surface area contributed by atoms with Crippen LogP contribution in [-0.2, 0) is 13.6 Å². The standard InChI is InChI=1S/C9H11O5P/c10-6-7-13-15(12)14-9(11)8-4-2-1-3-5-8/h1-5,10,15H,6-7H2. The maximum absolute atomic E-state index is 11.3. The highest BCUT2D eigenvalue weighted by Crippen LogP contribution is 2.24. The average molecular weight is 230 g/mol. The van der Waals surface area contributed by atoms with Crippen LogP contribution in [0.5, 0.6) is 0 Å². The van der Waals surface area contributed by atoms with Crippen molar-refractivity contribution in [3.63, 3.8) is 0 Å². The molecule has 0 amide bonds. The lowest BCUT2D eigenvalue weighted by molar-refractivity contribution is 0.0708. The van der Waals surface area contributed by atoms with Gasteiger partial charge in [-0.3, -0.25) is 4.52 Å². The van der Waals surface area contributed by atoms with Crippen molar-refractivity contribution in [3.05, 3.63) is 35.9 Å². The van der Waals surface area contributed by atoms with Gasteiger partial charge in [-0.25, -0.2) is 9.36 Å². The molecule has 0 bridgehead atoms. The van der Waals surface area contributed by atoms with Crippen molar-refractivity contribution < 1.29 is 23.5 Å². The van der Waals surface area contributed by atoms with Gasteiger partial charge < -0.3 is 9.63 Å². The first-order valence-electron chi connectivity index (χ1n) is 4.29. The monoisotopic (exact) mass is 230 g/mol. The minimum atomic E-state index is -2.86. The Morgan fingerprint density at radius 1 is 1.33 bits per heavy atom. The van der Waals surface area contributed by atoms with Crippen LogP contribution >= 0.6 is 8.25 Å². The van der Waals surface area contributed by atoms with E-state index in [9.17, 15) is 9.36 Å². The number of carbonyl (C=O) groups is 1. The van der Waals surface area contributed by atoms with Gasteiger partial charge in [0.25, 0.3) is 0 Å². The predicted octanol–water partition coefficient (Wildman–Crippen LogP) is 1.24. The van der Waals surface area contributed by atoms with Crippen LogP contribution in [0.2, 0.25) is 0 Å². The minimum absolute atomic E-state index is 0.111. The van der Waals surface area contributed by atoms with Crippen molar-refractivity contribution in [2.75, 3.05) is 13.2 Å². The number of hydrogen-bond donors (Lipinski definition) is 1. The lowest BCUT2D eigenvalue weighted by atomic mass is 10.2. The van der Waals surface area contributed by atoms with Gasteiger partial charge in [-0.05, 0) is 12.1 Å². The molecule has 0 aromatic heterocycles. The molecule has 0 heterocycles. The predicted molar refractivity (Wildman–Crippen MR) is 53.9 cm³/mol. The molecule has 0 fully saturated rings. The lowest BCUT2D eigenvalue weighted by Gasteiger charge is -2.04. The maximum Gasteiger partial charge on any atom is 0.370 e. The summed E-state index contributed by atoms with van der Waals surface area (Å²) in [4.78, 5) is 11.3. The Balaban J connectivity index is 2.46. The highest BCUT2D eigenvalue weighted by molar-refractivity contribution is 7.34. The van der Waals surface area contributed by atoms with Crippen molar-refractivity contribution in [2.45, 2.75) is 0 Å². The van der Waals surface area contributed by atoms with Crippen LogP contribution in [-0.4, -0.2) is 24.3 Å². The molecule has 0 aliphatic carbocycles. The molecule has 0 spiro atoms. The van der Waals surface area contributed by atoms with Gasteiger partial charge in [0.05, 0.1) is 18.8 Å². The van der Waals surface area contributed by atoms with Gasteiger partial charge in [-0.1, -0.05) is 18.2 Å². The Hall–Kier alpha value is -1.16. The SMILES string of the molecule is O=C(O[PH](=O)OCCO)c1ccccc1. The number of aliphatic hydroxyl groups is 1. The Labute approximate surface area is 87.6 Å². The topological polar surface area (TPSA) is 72.8 Å². The summed E-state index contributed by atoms with van der Waals surface area (Å²) in [5.41, 5.74) is 0.309. The molecule has 1 N–H and O–H groups in total. The van der Waals surface area contributed by atoms with Gasteiger partial charge in [0, 0.05) is 0 Å². The number of rotatable bonds is 5. The third-order valence-corrected chi connectivity index (χ3v) is 2.29. The third-order valence-electron chi connectivity index (χ3n) is 1.50. The van der Waals surface area contributed by atoms with E-state index in [-0.39, 0.29) is 13.2 Å². The second-order valence-electron chi connectivity index (χ2n) is 2.58. The fraction of sp³-hybridized carbons (Fsp3) is 0.222. The molecule has 6 heteroatoms. The van der Waals surface area contributed by atoms with E-state index in [0.717, 1.165) is 0 Å². The van der Waals surface area contributed by atoms with Crippen LogP contribution in [0.4, 0.5) is 0 Å². The first-order valence-corrected chi connectivity index (χ1v) is 5.51. The van der Waals surface area contributed by atoms with Crippen LogP contribution in [0.15, 0.2) is 30.3 Å². The van der Waals surface area contributed by atoms with Crippen LogP contribution in [0, 0.1) is 0 Å². The summed E-state index contributed by atoms with van der Waals surface area (Å²) in [6.45, 7) is -0.376. The summed E-state index contributed by atoms with van der Waals surface area (Å²) in [6.07, 6.45) is 0. The molecular formula is C9H11O5P. The zero-order chi connectivity index (χ0) is 11.1. The van der Waals surface area contributed by atoms with Gasteiger partial charge in [-0.2, -0.15) is 0 Å². The average Bonchev–Trinajstić information content (AvgIpc) is 2.27. The van der Waals surface area contributed by atoms with Crippen molar-refractivity contribution in [2.24, 2.45) is 0 Å². The molecule has 82 valence electrons. The molecule has 1 aromatic carbocycles. The molecule has 1 aromatic rings. The van der Waals surface area contributed by atoms with E-state index < -0.39 is 14.2 Å². The van der Waals surface area contributed by atoms with Crippen LogP contribution in [0.25, 0.3) is 0 Å². The molecule has 0 saturated carbocycles. The van der Waals surface area contributed by atoms with E-state index in [1.54, 1.807) is 30.3 Å². The fourth-order valence-corrected chi connectivity index (χ4v) is 1.45. The maximum atomic E-state index is 11.3. The summed E-state index contributed by atoms with van der Waals surface area (Å²) >= 11 is 0. The summed E-state index contributed by atoms with van der Waals surface area (Å²) in [5, 5.41) is 8.38. The smallest absolute Gasteiger partial charge is 0.370 e. The van der Waals surface area contributed by atoms with E-state index in [4.69, 9.17) is 5.11 Å². The van der Waals surface area contributed by atoms with Crippen LogP contribution in [0.1, 0.15) is 10.4 Å². The van der Waals surface area contributed by atoms with E-state index in [1.807, 2.05) is 0 Å². The van der Waals surface area contributed by atoms with Crippen molar-refractivity contribution in [3.8, 4) is 0 Å². The number of benzene rings is 1. The Bertz CT molecular complexity index is 338. The molecule has 1 rings (SSSR count). The number of hydrogen-bond acceptors (Lipinski definition) is 5. The van der Waals surface area contributed by atoms with Crippen LogP contribution < -0.4 is 0 Å². The molecule has 0 aliphatic heterocycles. The van der Waals surface area contributed by atoms with E-state index in [2.05, 4.69) is 9.05 Å². The summed E-state index contributed by atoms with van der Waals surface area (Å²) in [7, 11) is -2.86. The quantitative estimate of drug-likeness (QED) is 0.770. The Kier molecular flexibility index (Phi) is 5.04. The zero-order valence-corrected chi connectivity index (χ0v) is 8.88. The molecule has 0 aliphatic rings. The van der Waals surface area contributed by atoms with Gasteiger partial charge in [0.1, 0.15) is 0 Å². The molecule has 1 unspecified atom stereocenters. The third kappa shape index (κ3) is 4.25. The molecule has 0 radical (unpaired) electrons. The van der Waals surface area contributed by atoms with Gasteiger partial charge in [0.15, 0.2) is 0 Å². The summed E-state index contributed by atoms with van der Waals surface area (Å²) in [6, 6.07) is 8.18. The van der Waals surface area contributed by atoms with Crippen molar-refractivity contribution in [1.29, 1.82) is 0 Å². The van der Waals surface area contributed by atoms with Gasteiger partial charge >= 0.3 is 14.2 Å². The first kappa shape index (κ1) is 11.9. The lowest BCUT2D eigenvalue weighted by Crippen LogP contribution is -2.01. The molecule has 15 heavy (non-hydrogen) atoms. The molecule has 0 saturated heterocycles. The minimum Gasteiger partial charge on any atom is -0.394 e. The molecule has 1 atom stereocenters. The molecule has 5 nitrogen and oxygen atoms in total.